The lowest BCUT2D eigenvalue weighted by Gasteiger charge is -2.40. The third-order valence-electron chi connectivity index (χ3n) is 8.90. The molecular weight excluding hydrogens is 476 g/mol. The van der Waals surface area contributed by atoms with Gasteiger partial charge in [0.15, 0.2) is 0 Å². The normalized spacial score (nSPS) is 21.5. The number of pyridine rings is 1. The Morgan fingerprint density at radius 1 is 1.03 bits per heavy atom. The molecule has 1 N–H and O–H groups in total. The number of ether oxygens (including phenoxy) is 1. The summed E-state index contributed by atoms with van der Waals surface area (Å²) in [5.41, 5.74) is 2.10. The van der Waals surface area contributed by atoms with Crippen molar-refractivity contribution >= 4 is 22.5 Å². The van der Waals surface area contributed by atoms with E-state index in [9.17, 15) is 4.79 Å². The molecule has 2 aromatic rings. The number of hydrogen-bond donors (Lipinski definition) is 1. The molecule has 0 spiro atoms. The fourth-order valence-corrected chi connectivity index (χ4v) is 6.70. The molecule has 0 aliphatic carbocycles. The van der Waals surface area contributed by atoms with Crippen LogP contribution in [-0.2, 0) is 4.79 Å². The third-order valence-corrected chi connectivity index (χ3v) is 8.90. The molecule has 1 atom stereocenters. The average Bonchev–Trinajstić information content (AvgIpc) is 3.35. The Morgan fingerprint density at radius 2 is 1.84 bits per heavy atom. The quantitative estimate of drug-likeness (QED) is 0.543. The zero-order valence-electron chi connectivity index (χ0n) is 23.4. The number of methoxy groups -OCH3 is 1. The molecule has 3 fully saturated rings. The maximum atomic E-state index is 13.2. The van der Waals surface area contributed by atoms with E-state index in [1.54, 1.807) is 7.11 Å². The predicted molar refractivity (Wildman–Crippen MR) is 154 cm³/mol. The minimum Gasteiger partial charge on any atom is -0.494 e. The highest BCUT2D eigenvalue weighted by Gasteiger charge is 2.33. The lowest BCUT2D eigenvalue weighted by Crippen LogP contribution is -2.48. The molecule has 8 heteroatoms. The van der Waals surface area contributed by atoms with E-state index >= 15 is 0 Å². The van der Waals surface area contributed by atoms with E-state index in [0.29, 0.717) is 18.4 Å². The van der Waals surface area contributed by atoms with Gasteiger partial charge in [-0.15, -0.1) is 0 Å². The van der Waals surface area contributed by atoms with Gasteiger partial charge in [-0.25, -0.2) is 0 Å². The van der Waals surface area contributed by atoms with Crippen molar-refractivity contribution in [2.75, 3.05) is 84.5 Å². The number of amides is 1. The van der Waals surface area contributed by atoms with Gasteiger partial charge in [-0.2, -0.15) is 0 Å². The van der Waals surface area contributed by atoms with Crippen molar-refractivity contribution in [1.82, 2.24) is 25.0 Å². The van der Waals surface area contributed by atoms with Gasteiger partial charge in [0.1, 0.15) is 11.4 Å². The van der Waals surface area contributed by atoms with Crippen LogP contribution in [0, 0.1) is 5.92 Å². The van der Waals surface area contributed by atoms with Crippen LogP contribution in [0.4, 0.5) is 5.69 Å². The van der Waals surface area contributed by atoms with Crippen LogP contribution in [-0.4, -0.2) is 111 Å². The molecule has 5 rings (SSSR count). The van der Waals surface area contributed by atoms with Crippen molar-refractivity contribution < 1.29 is 9.53 Å². The number of anilines is 1. The predicted octanol–water partition coefficient (Wildman–Crippen LogP) is 3.07. The number of carbonyl (C=O) groups is 1. The molecule has 1 unspecified atom stereocenters. The fourth-order valence-electron chi connectivity index (χ4n) is 6.70. The van der Waals surface area contributed by atoms with Gasteiger partial charge in [-0.3, -0.25) is 14.7 Å². The number of piperidine rings is 1. The lowest BCUT2D eigenvalue weighted by atomic mass is 9.86. The molecule has 1 aromatic heterocycles. The summed E-state index contributed by atoms with van der Waals surface area (Å²) in [6.07, 6.45) is 8.46. The second-order valence-electron chi connectivity index (χ2n) is 11.4. The monoisotopic (exact) mass is 522 g/mol. The summed E-state index contributed by atoms with van der Waals surface area (Å²) in [7, 11) is 3.96. The van der Waals surface area contributed by atoms with Crippen molar-refractivity contribution in [3.8, 4) is 5.75 Å². The van der Waals surface area contributed by atoms with Crippen LogP contribution >= 0.6 is 0 Å². The summed E-state index contributed by atoms with van der Waals surface area (Å²) in [5, 5.41) is 4.40. The highest BCUT2D eigenvalue weighted by molar-refractivity contribution is 5.94. The molecule has 4 heterocycles. The summed E-state index contributed by atoms with van der Waals surface area (Å²) < 4.78 is 5.80. The maximum absolute atomic E-state index is 13.2. The second kappa shape index (κ2) is 13.1. The minimum absolute atomic E-state index is 0.217. The Labute approximate surface area is 228 Å². The fraction of sp³-hybridized carbons (Fsp3) is 0.667. The van der Waals surface area contributed by atoms with E-state index in [0.717, 1.165) is 81.1 Å². The summed E-state index contributed by atoms with van der Waals surface area (Å²) in [4.78, 5) is 27.9. The molecule has 1 amide bonds. The van der Waals surface area contributed by atoms with E-state index in [1.165, 1.54) is 38.8 Å². The standard InChI is InChI=1S/C30H46N6O2/c1-33-18-10-24(11-19-33)26(23-28(37)31-13-20-34-14-3-4-15-34)35-16-6-17-36(22-21-35)30-27(38-2)9-8-25-7-5-12-32-29(25)30/h5,7-9,12,24,26H,3-4,6,10-11,13-23H2,1-2H3,(H,31,37). The number of nitrogens with one attached hydrogen (secondary N) is 1. The molecule has 3 saturated heterocycles. The third kappa shape index (κ3) is 6.58. The first-order valence-electron chi connectivity index (χ1n) is 14.7. The van der Waals surface area contributed by atoms with Gasteiger partial charge in [0.05, 0.1) is 12.6 Å². The van der Waals surface area contributed by atoms with Crippen LogP contribution in [0.1, 0.15) is 38.5 Å². The Morgan fingerprint density at radius 3 is 2.63 bits per heavy atom. The van der Waals surface area contributed by atoms with Crippen LogP contribution < -0.4 is 15.0 Å². The molecule has 3 aliphatic rings. The van der Waals surface area contributed by atoms with E-state index in [2.05, 4.69) is 50.2 Å². The second-order valence-corrected chi connectivity index (χ2v) is 11.4. The highest BCUT2D eigenvalue weighted by Crippen LogP contribution is 2.36. The number of aromatic nitrogens is 1. The van der Waals surface area contributed by atoms with Crippen LogP contribution in [0.15, 0.2) is 30.5 Å². The van der Waals surface area contributed by atoms with E-state index in [1.807, 2.05) is 12.3 Å². The van der Waals surface area contributed by atoms with Crippen molar-refractivity contribution in [2.45, 2.75) is 44.6 Å². The SMILES string of the molecule is COc1ccc2cccnc2c1N1CCCN(C(CC(=O)NCCN2CCCC2)C2CCN(C)CC2)CC1. The molecule has 0 bridgehead atoms. The number of hydrogen-bond acceptors (Lipinski definition) is 7. The van der Waals surface area contributed by atoms with Crippen LogP contribution in [0.3, 0.4) is 0 Å². The largest absolute Gasteiger partial charge is 0.494 e. The first-order chi connectivity index (χ1) is 18.6. The first-order valence-corrected chi connectivity index (χ1v) is 14.7. The van der Waals surface area contributed by atoms with Crippen molar-refractivity contribution in [3.05, 3.63) is 30.5 Å². The first kappa shape index (κ1) is 27.2. The van der Waals surface area contributed by atoms with Crippen molar-refractivity contribution in [3.63, 3.8) is 0 Å². The van der Waals surface area contributed by atoms with Crippen molar-refractivity contribution in [1.29, 1.82) is 0 Å². The van der Waals surface area contributed by atoms with E-state index in [4.69, 9.17) is 9.72 Å². The summed E-state index contributed by atoms with van der Waals surface area (Å²) in [6, 6.07) is 8.56. The zero-order valence-corrected chi connectivity index (χ0v) is 23.4. The van der Waals surface area contributed by atoms with Gasteiger partial charge in [-0.1, -0.05) is 6.07 Å². The van der Waals surface area contributed by atoms with Crippen LogP contribution in [0.2, 0.25) is 0 Å². The number of carbonyl (C=O) groups excluding carboxylic acids is 1. The molecule has 3 aliphatic heterocycles. The number of fused-ring (bicyclic) bond motifs is 1. The molecule has 0 saturated carbocycles. The van der Waals surface area contributed by atoms with Gasteiger partial charge in [0.25, 0.3) is 0 Å². The zero-order chi connectivity index (χ0) is 26.3. The van der Waals surface area contributed by atoms with Gasteiger partial charge < -0.3 is 24.8 Å². The number of nitrogens with zero attached hydrogens (tertiary/aromatic N) is 5. The molecule has 0 radical (unpaired) electrons. The van der Waals surface area contributed by atoms with Gasteiger partial charge >= 0.3 is 0 Å². The minimum atomic E-state index is 0.217. The Kier molecular flexibility index (Phi) is 9.35. The van der Waals surface area contributed by atoms with E-state index < -0.39 is 0 Å². The Balaban J connectivity index is 1.27. The van der Waals surface area contributed by atoms with E-state index in [-0.39, 0.29) is 5.91 Å². The summed E-state index contributed by atoms with van der Waals surface area (Å²) in [6.45, 7) is 10.2. The lowest BCUT2D eigenvalue weighted by molar-refractivity contribution is -0.123. The highest BCUT2D eigenvalue weighted by atomic mass is 16.5. The van der Waals surface area contributed by atoms with Crippen molar-refractivity contribution in [2.24, 2.45) is 5.92 Å². The molecule has 8 nitrogen and oxygen atoms in total. The number of benzene rings is 1. The Hall–Kier alpha value is -2.42. The maximum Gasteiger partial charge on any atom is 0.221 e. The molecule has 1 aromatic carbocycles. The topological polar surface area (TPSA) is 64.2 Å². The van der Waals surface area contributed by atoms with Crippen LogP contribution in [0.25, 0.3) is 10.9 Å². The van der Waals surface area contributed by atoms with Crippen LogP contribution in [0.5, 0.6) is 5.75 Å². The summed E-state index contributed by atoms with van der Waals surface area (Å²) >= 11 is 0. The summed E-state index contributed by atoms with van der Waals surface area (Å²) in [5.74, 6) is 1.67. The molecular formula is C30H46N6O2. The van der Waals surface area contributed by atoms with Gasteiger partial charge in [0, 0.05) is 63.3 Å². The average molecular weight is 523 g/mol. The van der Waals surface area contributed by atoms with Gasteiger partial charge in [0.2, 0.25) is 5.91 Å². The smallest absolute Gasteiger partial charge is 0.221 e. The molecule has 38 heavy (non-hydrogen) atoms. The Bertz CT molecular complexity index is 1050. The number of likely N-dealkylation sites (tertiary alicyclic amines) is 2. The number of rotatable bonds is 9. The van der Waals surface area contributed by atoms with Gasteiger partial charge in [-0.05, 0) is 89.4 Å². The molecule has 208 valence electrons.